The predicted octanol–water partition coefficient (Wildman–Crippen LogP) is 3.93. The van der Waals surface area contributed by atoms with Crippen LogP contribution in [0.25, 0.3) is 11.0 Å². The van der Waals surface area contributed by atoms with Crippen LogP contribution in [0.15, 0.2) is 24.3 Å². The maximum Gasteiger partial charge on any atom is 0.148 e. The minimum absolute atomic E-state index is 0.918. The normalized spacial score (nSPS) is 16.1. The molecule has 0 amide bonds. The van der Waals surface area contributed by atoms with Gasteiger partial charge in [0.1, 0.15) is 5.82 Å². The third-order valence-electron chi connectivity index (χ3n) is 4.06. The zero-order valence-electron chi connectivity index (χ0n) is 11.5. The minimum atomic E-state index is 0.918. The first-order chi connectivity index (χ1) is 9.33. The Morgan fingerprint density at radius 3 is 2.53 bits per heavy atom. The highest BCUT2D eigenvalue weighted by atomic mass is 15.0. The number of aromatic nitrogens is 2. The van der Waals surface area contributed by atoms with Gasteiger partial charge in [-0.25, -0.2) is 9.97 Å². The summed E-state index contributed by atoms with van der Waals surface area (Å²) in [6.07, 6.45) is 6.90. The molecule has 19 heavy (non-hydrogen) atoms. The van der Waals surface area contributed by atoms with E-state index >= 15 is 0 Å². The van der Waals surface area contributed by atoms with E-state index in [2.05, 4.69) is 15.3 Å². The molecule has 0 radical (unpaired) electrons. The van der Waals surface area contributed by atoms with E-state index in [4.69, 9.17) is 0 Å². The number of hydrogen-bond acceptors (Lipinski definition) is 3. The molecule has 100 valence electrons. The third kappa shape index (κ3) is 2.86. The van der Waals surface area contributed by atoms with Crippen molar-refractivity contribution in [1.82, 2.24) is 9.97 Å². The van der Waals surface area contributed by atoms with Crippen molar-refractivity contribution in [3.63, 3.8) is 0 Å². The summed E-state index contributed by atoms with van der Waals surface area (Å²) in [5.74, 6) is 1.86. The minimum Gasteiger partial charge on any atom is -0.369 e. The summed E-state index contributed by atoms with van der Waals surface area (Å²) in [5, 5.41) is 3.46. The molecular weight excluding hydrogens is 234 g/mol. The zero-order valence-corrected chi connectivity index (χ0v) is 11.5. The zero-order chi connectivity index (χ0) is 13.1. The van der Waals surface area contributed by atoms with Crippen LogP contribution in [0.4, 0.5) is 5.82 Å². The number of nitrogens with one attached hydrogen (secondary N) is 1. The lowest BCUT2D eigenvalue weighted by molar-refractivity contribution is 0.518. The number of hydrogen-bond donors (Lipinski definition) is 1. The van der Waals surface area contributed by atoms with Gasteiger partial charge in [-0.2, -0.15) is 0 Å². The van der Waals surface area contributed by atoms with Gasteiger partial charge in [0, 0.05) is 6.54 Å². The van der Waals surface area contributed by atoms with E-state index in [1.807, 2.05) is 31.2 Å². The largest absolute Gasteiger partial charge is 0.369 e. The molecule has 0 unspecified atom stereocenters. The highest BCUT2D eigenvalue weighted by Crippen LogP contribution is 2.27. The van der Waals surface area contributed by atoms with Crippen LogP contribution in [0.3, 0.4) is 0 Å². The monoisotopic (exact) mass is 255 g/mol. The number of anilines is 1. The van der Waals surface area contributed by atoms with Crippen molar-refractivity contribution in [3.05, 3.63) is 30.0 Å². The number of fused-ring (bicyclic) bond motifs is 1. The molecule has 1 saturated carbocycles. The lowest BCUT2D eigenvalue weighted by Crippen LogP contribution is -2.09. The van der Waals surface area contributed by atoms with Crippen LogP contribution < -0.4 is 5.32 Å². The molecule has 1 fully saturated rings. The average molecular weight is 255 g/mol. The Balaban J connectivity index is 1.67. The van der Waals surface area contributed by atoms with Crippen LogP contribution in [0.5, 0.6) is 0 Å². The second-order valence-electron chi connectivity index (χ2n) is 5.51. The molecule has 3 heteroatoms. The predicted molar refractivity (Wildman–Crippen MR) is 79.3 cm³/mol. The van der Waals surface area contributed by atoms with Gasteiger partial charge in [0.25, 0.3) is 0 Å². The quantitative estimate of drug-likeness (QED) is 0.899. The van der Waals surface area contributed by atoms with Crippen LogP contribution in [0.1, 0.15) is 37.8 Å². The lowest BCUT2D eigenvalue weighted by Gasteiger charge is -2.12. The molecule has 0 bridgehead atoms. The standard InChI is InChI=1S/C16H21N3/c1-12-16(17-11-10-13-6-2-3-7-13)19-15-9-5-4-8-14(15)18-12/h4-5,8-9,13H,2-3,6-7,10-11H2,1H3,(H,17,19). The van der Waals surface area contributed by atoms with Crippen LogP contribution in [-0.2, 0) is 0 Å². The van der Waals surface area contributed by atoms with Crippen LogP contribution in [0.2, 0.25) is 0 Å². The van der Waals surface area contributed by atoms with E-state index in [0.717, 1.165) is 35.0 Å². The molecule has 0 atom stereocenters. The van der Waals surface area contributed by atoms with Gasteiger partial charge in [0.15, 0.2) is 0 Å². The summed E-state index contributed by atoms with van der Waals surface area (Å²) >= 11 is 0. The molecule has 1 aliphatic rings. The van der Waals surface area contributed by atoms with Gasteiger partial charge in [0.05, 0.1) is 16.7 Å². The van der Waals surface area contributed by atoms with Gasteiger partial charge in [-0.3, -0.25) is 0 Å². The first-order valence-electron chi connectivity index (χ1n) is 7.30. The summed E-state index contributed by atoms with van der Waals surface area (Å²) in [6, 6.07) is 8.04. The SMILES string of the molecule is Cc1nc2ccccc2nc1NCCC1CCCC1. The van der Waals surface area contributed by atoms with E-state index in [1.165, 1.54) is 32.1 Å². The number of nitrogens with zero attached hydrogens (tertiary/aromatic N) is 2. The summed E-state index contributed by atoms with van der Waals surface area (Å²) in [5.41, 5.74) is 2.93. The molecule has 1 aliphatic carbocycles. The first kappa shape index (κ1) is 12.4. The molecular formula is C16H21N3. The van der Waals surface area contributed by atoms with Gasteiger partial charge in [-0.15, -0.1) is 0 Å². The Kier molecular flexibility index (Phi) is 3.62. The fourth-order valence-electron chi connectivity index (χ4n) is 2.95. The molecule has 0 spiro atoms. The summed E-state index contributed by atoms with van der Waals surface area (Å²) in [6.45, 7) is 3.04. The maximum atomic E-state index is 4.67. The molecule has 1 N–H and O–H groups in total. The van der Waals surface area contributed by atoms with Gasteiger partial charge in [-0.05, 0) is 31.4 Å². The van der Waals surface area contributed by atoms with Crippen molar-refractivity contribution in [3.8, 4) is 0 Å². The summed E-state index contributed by atoms with van der Waals surface area (Å²) < 4.78 is 0. The molecule has 3 rings (SSSR count). The Hall–Kier alpha value is -1.64. The van der Waals surface area contributed by atoms with Crippen molar-refractivity contribution in [2.24, 2.45) is 5.92 Å². The average Bonchev–Trinajstić information content (AvgIpc) is 2.92. The van der Waals surface area contributed by atoms with Gasteiger partial charge < -0.3 is 5.32 Å². The maximum absolute atomic E-state index is 4.67. The van der Waals surface area contributed by atoms with Crippen molar-refractivity contribution in [1.29, 1.82) is 0 Å². The van der Waals surface area contributed by atoms with Crippen LogP contribution in [0, 0.1) is 12.8 Å². The molecule has 1 heterocycles. The van der Waals surface area contributed by atoms with E-state index in [9.17, 15) is 0 Å². The van der Waals surface area contributed by atoms with E-state index in [0.29, 0.717) is 0 Å². The molecule has 2 aromatic rings. The Morgan fingerprint density at radius 1 is 1.11 bits per heavy atom. The van der Waals surface area contributed by atoms with Crippen molar-refractivity contribution >= 4 is 16.9 Å². The van der Waals surface area contributed by atoms with Crippen molar-refractivity contribution in [2.45, 2.75) is 39.0 Å². The number of benzene rings is 1. The second kappa shape index (κ2) is 5.55. The van der Waals surface area contributed by atoms with E-state index < -0.39 is 0 Å². The fraction of sp³-hybridized carbons (Fsp3) is 0.500. The summed E-state index contributed by atoms with van der Waals surface area (Å²) in [4.78, 5) is 9.27. The smallest absolute Gasteiger partial charge is 0.148 e. The molecule has 1 aromatic heterocycles. The number of rotatable bonds is 4. The Morgan fingerprint density at radius 2 is 1.79 bits per heavy atom. The van der Waals surface area contributed by atoms with Gasteiger partial charge in [-0.1, -0.05) is 37.8 Å². The molecule has 0 aliphatic heterocycles. The van der Waals surface area contributed by atoms with E-state index in [-0.39, 0.29) is 0 Å². The van der Waals surface area contributed by atoms with E-state index in [1.54, 1.807) is 0 Å². The third-order valence-corrected chi connectivity index (χ3v) is 4.06. The van der Waals surface area contributed by atoms with Gasteiger partial charge >= 0.3 is 0 Å². The fourth-order valence-corrected chi connectivity index (χ4v) is 2.95. The Labute approximate surface area is 114 Å². The van der Waals surface area contributed by atoms with Crippen LogP contribution in [-0.4, -0.2) is 16.5 Å². The lowest BCUT2D eigenvalue weighted by atomic mass is 10.0. The second-order valence-corrected chi connectivity index (χ2v) is 5.51. The molecule has 0 saturated heterocycles. The molecule has 1 aromatic carbocycles. The number of aryl methyl sites for hydroxylation is 1. The summed E-state index contributed by atoms with van der Waals surface area (Å²) in [7, 11) is 0. The van der Waals surface area contributed by atoms with Crippen molar-refractivity contribution in [2.75, 3.05) is 11.9 Å². The molecule has 3 nitrogen and oxygen atoms in total. The Bertz CT molecular complexity index is 559. The topological polar surface area (TPSA) is 37.8 Å². The van der Waals surface area contributed by atoms with Gasteiger partial charge in [0.2, 0.25) is 0 Å². The number of para-hydroxylation sites is 2. The van der Waals surface area contributed by atoms with Crippen LogP contribution >= 0.6 is 0 Å². The highest BCUT2D eigenvalue weighted by Gasteiger charge is 2.14. The first-order valence-corrected chi connectivity index (χ1v) is 7.30. The van der Waals surface area contributed by atoms with Crippen molar-refractivity contribution < 1.29 is 0 Å². The highest BCUT2D eigenvalue weighted by molar-refractivity contribution is 5.76.